The number of pyridine rings is 1. The van der Waals surface area contributed by atoms with E-state index < -0.39 is 28.8 Å². The number of benzene rings is 2. The number of phenolic OH excluding ortho intramolecular Hbond substituents is 1. The van der Waals surface area contributed by atoms with Crippen LogP contribution >= 0.6 is 11.6 Å². The molecular formula is C30H26ClF3N6O4. The monoisotopic (exact) mass is 626 g/mol. The minimum atomic E-state index is -4.75. The van der Waals surface area contributed by atoms with Gasteiger partial charge in [-0.2, -0.15) is 18.3 Å². The predicted molar refractivity (Wildman–Crippen MR) is 156 cm³/mol. The van der Waals surface area contributed by atoms with E-state index in [-0.39, 0.29) is 59.2 Å². The minimum absolute atomic E-state index is 0.00576. The number of phenols is 1. The number of hydrogen-bond acceptors (Lipinski definition) is 8. The Bertz CT molecular complexity index is 1830. The van der Waals surface area contributed by atoms with Gasteiger partial charge in [0, 0.05) is 23.3 Å². The van der Waals surface area contributed by atoms with Crippen LogP contribution in [0.2, 0.25) is 5.02 Å². The summed E-state index contributed by atoms with van der Waals surface area (Å²) >= 11 is 6.11. The van der Waals surface area contributed by atoms with Crippen molar-refractivity contribution in [2.45, 2.75) is 24.6 Å². The molecule has 5 aromatic rings. The molecule has 228 valence electrons. The first-order valence-corrected chi connectivity index (χ1v) is 13.6. The maximum atomic E-state index is 14.0. The third-order valence-electron chi connectivity index (χ3n) is 7.15. The van der Waals surface area contributed by atoms with Crippen molar-refractivity contribution in [1.82, 2.24) is 24.9 Å². The molecule has 1 amide bonds. The quantitative estimate of drug-likeness (QED) is 0.163. The van der Waals surface area contributed by atoms with E-state index in [1.165, 1.54) is 31.5 Å². The first kappa shape index (κ1) is 30.6. The average molecular weight is 627 g/mol. The summed E-state index contributed by atoms with van der Waals surface area (Å²) in [5, 5.41) is 29.4. The van der Waals surface area contributed by atoms with E-state index in [0.29, 0.717) is 10.6 Å². The van der Waals surface area contributed by atoms with Crippen LogP contribution in [0.5, 0.6) is 11.6 Å². The summed E-state index contributed by atoms with van der Waals surface area (Å²) < 4.78 is 48.4. The van der Waals surface area contributed by atoms with Gasteiger partial charge in [-0.15, -0.1) is 0 Å². The molecule has 0 spiro atoms. The Morgan fingerprint density at radius 1 is 1.09 bits per heavy atom. The van der Waals surface area contributed by atoms with Crippen LogP contribution in [0.1, 0.15) is 39.9 Å². The van der Waals surface area contributed by atoms with E-state index >= 15 is 0 Å². The number of anilines is 1. The molecule has 0 radical (unpaired) electrons. The maximum Gasteiger partial charge on any atom is 0.418 e. The fourth-order valence-electron chi connectivity index (χ4n) is 5.01. The third kappa shape index (κ3) is 5.83. The number of nitrogens with zero attached hydrogens (tertiary/aromatic N) is 4. The highest BCUT2D eigenvalue weighted by Gasteiger charge is 2.38. The Labute approximate surface area is 253 Å². The molecule has 1 atom stereocenters. The molecule has 0 aliphatic rings. The molecule has 0 aliphatic carbocycles. The van der Waals surface area contributed by atoms with Crippen molar-refractivity contribution < 1.29 is 32.9 Å². The van der Waals surface area contributed by atoms with Gasteiger partial charge in [-0.1, -0.05) is 35.9 Å². The van der Waals surface area contributed by atoms with E-state index in [1.807, 2.05) is 0 Å². The number of para-hydroxylation sites is 1. The number of alkyl halides is 3. The second kappa shape index (κ2) is 12.0. The smallest absolute Gasteiger partial charge is 0.418 e. The Balaban J connectivity index is 1.55. The Morgan fingerprint density at radius 3 is 2.50 bits per heavy atom. The topological polar surface area (TPSA) is 148 Å². The molecule has 1 unspecified atom stereocenters. The van der Waals surface area contributed by atoms with Gasteiger partial charge in [-0.3, -0.25) is 4.79 Å². The average Bonchev–Trinajstić information content (AvgIpc) is 3.41. The number of halogens is 4. The molecule has 0 saturated heterocycles. The molecule has 0 bridgehead atoms. The van der Waals surface area contributed by atoms with Gasteiger partial charge >= 0.3 is 6.18 Å². The number of aliphatic hydroxyl groups is 1. The molecule has 0 saturated carbocycles. The molecule has 5 N–H and O–H groups in total. The fraction of sp³-hybridized carbons (Fsp3) is 0.200. The van der Waals surface area contributed by atoms with Crippen molar-refractivity contribution in [2.75, 3.05) is 19.4 Å². The van der Waals surface area contributed by atoms with Crippen LogP contribution in [0.3, 0.4) is 0 Å². The lowest BCUT2D eigenvalue weighted by molar-refractivity contribution is -0.136. The van der Waals surface area contributed by atoms with E-state index in [1.54, 1.807) is 36.4 Å². The molecule has 0 aliphatic heterocycles. The minimum Gasteiger partial charge on any atom is -0.507 e. The van der Waals surface area contributed by atoms with Crippen LogP contribution in [0.4, 0.5) is 19.0 Å². The number of nitrogens with one attached hydrogen (secondary N) is 1. The largest absolute Gasteiger partial charge is 0.507 e. The van der Waals surface area contributed by atoms with Crippen molar-refractivity contribution in [1.29, 1.82) is 0 Å². The number of carbonyl (C=O) groups excluding carboxylic acids is 1. The zero-order chi connectivity index (χ0) is 31.6. The van der Waals surface area contributed by atoms with E-state index in [9.17, 15) is 28.2 Å². The lowest BCUT2D eigenvalue weighted by Crippen LogP contribution is -2.31. The summed E-state index contributed by atoms with van der Waals surface area (Å²) in [7, 11) is 1.35. The van der Waals surface area contributed by atoms with E-state index in [0.717, 1.165) is 16.9 Å². The zero-order valence-corrected chi connectivity index (χ0v) is 23.9. The number of fused-ring (bicyclic) bond motifs is 1. The first-order chi connectivity index (χ1) is 20.9. The van der Waals surface area contributed by atoms with Gasteiger partial charge in [0.25, 0.3) is 5.91 Å². The Morgan fingerprint density at radius 2 is 1.82 bits per heavy atom. The lowest BCUT2D eigenvalue weighted by Gasteiger charge is -2.31. The number of rotatable bonds is 9. The van der Waals surface area contributed by atoms with Crippen molar-refractivity contribution >= 4 is 28.8 Å². The number of carbonyl (C=O) groups is 1. The van der Waals surface area contributed by atoms with Crippen LogP contribution < -0.4 is 15.8 Å². The van der Waals surface area contributed by atoms with E-state index in [4.69, 9.17) is 22.1 Å². The summed E-state index contributed by atoms with van der Waals surface area (Å²) in [5.41, 5.74) is 3.40. The molecule has 10 nitrogen and oxygen atoms in total. The van der Waals surface area contributed by atoms with E-state index in [2.05, 4.69) is 20.4 Å². The van der Waals surface area contributed by atoms with Crippen molar-refractivity contribution in [3.05, 3.63) is 100 Å². The van der Waals surface area contributed by atoms with Crippen molar-refractivity contribution in [3.8, 4) is 22.9 Å². The molecular weight excluding hydrogens is 601 g/mol. The molecule has 44 heavy (non-hydrogen) atoms. The van der Waals surface area contributed by atoms with Gasteiger partial charge in [-0.05, 0) is 54.8 Å². The fourth-order valence-corrected chi connectivity index (χ4v) is 5.13. The lowest BCUT2D eigenvalue weighted by atomic mass is 9.82. The second-order valence-electron chi connectivity index (χ2n) is 9.87. The highest BCUT2D eigenvalue weighted by atomic mass is 35.5. The maximum absolute atomic E-state index is 14.0. The summed E-state index contributed by atoms with van der Waals surface area (Å²) in [4.78, 5) is 20.6. The molecule has 0 fully saturated rings. The van der Waals surface area contributed by atoms with Gasteiger partial charge in [-0.25, -0.2) is 14.5 Å². The van der Waals surface area contributed by atoms with Gasteiger partial charge in [0.05, 0.1) is 29.5 Å². The number of ether oxygens (including phenoxy) is 1. The number of amides is 1. The Hall–Kier alpha value is -4.88. The second-order valence-corrected chi connectivity index (χ2v) is 10.3. The third-order valence-corrected chi connectivity index (χ3v) is 7.40. The number of nitrogen functional groups attached to an aromatic ring is 1. The van der Waals surface area contributed by atoms with Crippen molar-refractivity contribution in [2.24, 2.45) is 0 Å². The molecule has 5 rings (SSSR count). The number of methoxy groups -OCH3 is 1. The highest BCUT2D eigenvalue weighted by molar-refractivity contribution is 6.30. The van der Waals surface area contributed by atoms with Crippen LogP contribution in [-0.2, 0) is 11.8 Å². The van der Waals surface area contributed by atoms with Gasteiger partial charge in [0.1, 0.15) is 23.2 Å². The summed E-state index contributed by atoms with van der Waals surface area (Å²) in [6, 6.07) is 14.8. The van der Waals surface area contributed by atoms with Gasteiger partial charge in [0.2, 0.25) is 5.88 Å². The molecule has 3 heterocycles. The van der Waals surface area contributed by atoms with Crippen LogP contribution in [0.15, 0.2) is 73.2 Å². The van der Waals surface area contributed by atoms with Gasteiger partial charge < -0.3 is 26.0 Å². The van der Waals surface area contributed by atoms with Crippen LogP contribution in [-0.4, -0.2) is 49.4 Å². The standard InChI is InChI=1S/C30H26ClF3N6O4/c1-44-28-22(13-17(15-37-28)23-14-21(30(32,33)34)25-26(35)38-16-39-40(23)25)29(43,18-7-9-19(31)10-8-18)11-4-12-36-27(42)20-5-2-3-6-24(20)41/h2-3,5-10,13-16,41,43H,4,11-12H2,1H3,(H,36,42)(H2,35,38,39). The number of hydrogen-bond donors (Lipinski definition) is 4. The molecule has 14 heteroatoms. The number of nitrogens with two attached hydrogens (primary N) is 1. The highest BCUT2D eigenvalue weighted by Crippen LogP contribution is 2.43. The Kier molecular flexibility index (Phi) is 8.35. The van der Waals surface area contributed by atoms with Crippen LogP contribution in [0.25, 0.3) is 16.8 Å². The first-order valence-electron chi connectivity index (χ1n) is 13.2. The normalized spacial score (nSPS) is 13.0. The number of aromatic nitrogens is 4. The summed E-state index contributed by atoms with van der Waals surface area (Å²) in [6.07, 6.45) is -2.15. The van der Waals surface area contributed by atoms with Crippen LogP contribution in [0, 0.1) is 0 Å². The SMILES string of the molecule is COc1ncc(-c2cc(C(F)(F)F)c3c(N)ncnn23)cc1C(O)(CCCNC(=O)c1ccccc1O)c1ccc(Cl)cc1. The predicted octanol–water partition coefficient (Wildman–Crippen LogP) is 5.21. The van der Waals surface area contributed by atoms with Gasteiger partial charge in [0.15, 0.2) is 5.82 Å². The zero-order valence-electron chi connectivity index (χ0n) is 23.1. The number of aromatic hydroxyl groups is 1. The summed E-state index contributed by atoms with van der Waals surface area (Å²) in [6.45, 7) is 0.118. The molecule has 2 aromatic carbocycles. The molecule has 3 aromatic heterocycles. The van der Waals surface area contributed by atoms with Crippen molar-refractivity contribution in [3.63, 3.8) is 0 Å². The summed E-state index contributed by atoms with van der Waals surface area (Å²) in [5.74, 6) is -1.01.